The summed E-state index contributed by atoms with van der Waals surface area (Å²) in [6.45, 7) is 3.73. The molecule has 0 aliphatic carbocycles. The lowest BCUT2D eigenvalue weighted by Crippen LogP contribution is -2.23. The maximum atomic E-state index is 12.5. The lowest BCUT2D eigenvalue weighted by Gasteiger charge is -2.12. The van der Waals surface area contributed by atoms with Gasteiger partial charge in [0.05, 0.1) is 12.4 Å². The van der Waals surface area contributed by atoms with Gasteiger partial charge in [-0.1, -0.05) is 29.4 Å². The van der Waals surface area contributed by atoms with Crippen LogP contribution in [0, 0.1) is 6.92 Å². The Balaban J connectivity index is 1.65. The third-order valence-electron chi connectivity index (χ3n) is 3.94. The molecule has 0 bridgehead atoms. The van der Waals surface area contributed by atoms with Gasteiger partial charge in [0.2, 0.25) is 11.1 Å². The van der Waals surface area contributed by atoms with Crippen molar-refractivity contribution in [2.45, 2.75) is 24.3 Å². The van der Waals surface area contributed by atoms with Gasteiger partial charge in [-0.3, -0.25) is 9.89 Å². The van der Waals surface area contributed by atoms with Gasteiger partial charge in [0.1, 0.15) is 5.75 Å². The summed E-state index contributed by atoms with van der Waals surface area (Å²) in [7, 11) is 1.62. The van der Waals surface area contributed by atoms with Gasteiger partial charge in [0, 0.05) is 16.3 Å². The van der Waals surface area contributed by atoms with E-state index >= 15 is 0 Å². The third-order valence-corrected chi connectivity index (χ3v) is 5.13. The monoisotopic (exact) mass is 402 g/mol. The van der Waals surface area contributed by atoms with E-state index in [-0.39, 0.29) is 11.2 Å². The third kappa shape index (κ3) is 4.81. The van der Waals surface area contributed by atoms with Gasteiger partial charge >= 0.3 is 0 Å². The molecule has 140 valence electrons. The maximum Gasteiger partial charge on any atom is 0.237 e. The second-order valence-corrected chi connectivity index (χ2v) is 7.65. The Morgan fingerprint density at radius 2 is 2.00 bits per heavy atom. The van der Waals surface area contributed by atoms with Crippen molar-refractivity contribution in [1.82, 2.24) is 15.2 Å². The molecule has 0 unspecified atom stereocenters. The highest BCUT2D eigenvalue weighted by molar-refractivity contribution is 8.00. The molecule has 2 N–H and O–H groups in total. The largest absolute Gasteiger partial charge is 0.497 e. The number of aromatic nitrogens is 3. The summed E-state index contributed by atoms with van der Waals surface area (Å²) in [4.78, 5) is 16.9. The minimum atomic E-state index is -0.372. The van der Waals surface area contributed by atoms with E-state index in [0.717, 1.165) is 16.9 Å². The number of methoxy groups -OCH3 is 1. The summed E-state index contributed by atoms with van der Waals surface area (Å²) >= 11 is 7.28. The SMILES string of the molecule is COc1ccc(-c2nc(S[C@@H](C)C(=O)Nc3cc(Cl)ccc3C)n[nH]2)cc1. The van der Waals surface area contributed by atoms with Crippen LogP contribution in [-0.2, 0) is 4.79 Å². The van der Waals surface area contributed by atoms with Crippen LogP contribution in [0.15, 0.2) is 47.6 Å². The molecule has 27 heavy (non-hydrogen) atoms. The van der Waals surface area contributed by atoms with Gasteiger partial charge in [0.25, 0.3) is 0 Å². The van der Waals surface area contributed by atoms with Crippen molar-refractivity contribution in [1.29, 1.82) is 0 Å². The van der Waals surface area contributed by atoms with Crippen molar-refractivity contribution in [3.8, 4) is 17.1 Å². The molecule has 2 aromatic carbocycles. The number of ether oxygens (including phenoxy) is 1. The Morgan fingerprint density at radius 3 is 2.70 bits per heavy atom. The lowest BCUT2D eigenvalue weighted by molar-refractivity contribution is -0.115. The predicted octanol–water partition coefficient (Wildman–Crippen LogP) is 4.56. The van der Waals surface area contributed by atoms with Crippen LogP contribution in [0.5, 0.6) is 5.75 Å². The summed E-state index contributed by atoms with van der Waals surface area (Å²) in [5.74, 6) is 1.27. The molecule has 0 saturated carbocycles. The fourth-order valence-electron chi connectivity index (χ4n) is 2.35. The zero-order valence-electron chi connectivity index (χ0n) is 15.1. The van der Waals surface area contributed by atoms with E-state index in [4.69, 9.17) is 16.3 Å². The molecule has 1 atom stereocenters. The number of thioether (sulfide) groups is 1. The molecule has 0 fully saturated rings. The predicted molar refractivity (Wildman–Crippen MR) is 109 cm³/mol. The standard InChI is InChI=1S/C19H19ClN4O2S/c1-11-4-7-14(20)10-16(11)21-18(25)12(2)27-19-22-17(23-24-19)13-5-8-15(26-3)9-6-13/h4-10,12H,1-3H3,(H,21,25)(H,22,23,24)/t12-/m0/s1. The van der Waals surface area contributed by atoms with Crippen molar-refractivity contribution in [2.24, 2.45) is 0 Å². The molecule has 0 spiro atoms. The van der Waals surface area contributed by atoms with E-state index < -0.39 is 0 Å². The average molecular weight is 403 g/mol. The highest BCUT2D eigenvalue weighted by Gasteiger charge is 2.18. The molecule has 0 aliphatic heterocycles. The number of aromatic amines is 1. The smallest absolute Gasteiger partial charge is 0.237 e. The first-order valence-corrected chi connectivity index (χ1v) is 9.52. The van der Waals surface area contributed by atoms with Crippen molar-refractivity contribution < 1.29 is 9.53 Å². The molecule has 1 amide bonds. The van der Waals surface area contributed by atoms with Crippen molar-refractivity contribution in [3.63, 3.8) is 0 Å². The van der Waals surface area contributed by atoms with Crippen LogP contribution < -0.4 is 10.1 Å². The fourth-order valence-corrected chi connectivity index (χ4v) is 3.25. The number of anilines is 1. The Labute approximate surface area is 166 Å². The van der Waals surface area contributed by atoms with Gasteiger partial charge in [-0.2, -0.15) is 0 Å². The Bertz CT molecular complexity index is 943. The number of benzene rings is 2. The first-order valence-electron chi connectivity index (χ1n) is 8.27. The molecule has 8 heteroatoms. The highest BCUT2D eigenvalue weighted by atomic mass is 35.5. The van der Waals surface area contributed by atoms with E-state index in [1.807, 2.05) is 44.2 Å². The number of aryl methyl sites for hydroxylation is 1. The van der Waals surface area contributed by atoms with E-state index in [9.17, 15) is 4.79 Å². The van der Waals surface area contributed by atoms with Crippen LogP contribution in [0.3, 0.4) is 0 Å². The first kappa shape index (κ1) is 19.3. The minimum absolute atomic E-state index is 0.138. The number of hydrogen-bond acceptors (Lipinski definition) is 5. The normalized spacial score (nSPS) is 11.9. The highest BCUT2D eigenvalue weighted by Crippen LogP contribution is 2.26. The van der Waals surface area contributed by atoms with Crippen molar-refractivity contribution in [3.05, 3.63) is 53.1 Å². The zero-order chi connectivity index (χ0) is 19.4. The van der Waals surface area contributed by atoms with E-state index in [2.05, 4.69) is 20.5 Å². The fraction of sp³-hybridized carbons (Fsp3) is 0.211. The number of H-pyrrole nitrogens is 1. The van der Waals surface area contributed by atoms with Gasteiger partial charge in [0.15, 0.2) is 5.82 Å². The van der Waals surface area contributed by atoms with E-state index in [0.29, 0.717) is 21.7 Å². The topological polar surface area (TPSA) is 79.9 Å². The Hall–Kier alpha value is -2.51. The van der Waals surface area contributed by atoms with E-state index in [1.165, 1.54) is 11.8 Å². The van der Waals surface area contributed by atoms with Crippen LogP contribution in [0.1, 0.15) is 12.5 Å². The number of carbonyl (C=O) groups excluding carboxylic acids is 1. The molecular weight excluding hydrogens is 384 g/mol. The van der Waals surface area contributed by atoms with Crippen molar-refractivity contribution in [2.75, 3.05) is 12.4 Å². The summed E-state index contributed by atoms with van der Waals surface area (Å²) in [6.07, 6.45) is 0. The molecule has 1 heterocycles. The number of amides is 1. The number of rotatable bonds is 6. The van der Waals surface area contributed by atoms with Gasteiger partial charge in [-0.05, 0) is 55.8 Å². The van der Waals surface area contributed by atoms with E-state index in [1.54, 1.807) is 19.2 Å². The minimum Gasteiger partial charge on any atom is -0.497 e. The zero-order valence-corrected chi connectivity index (χ0v) is 16.7. The van der Waals surface area contributed by atoms with Gasteiger partial charge in [-0.15, -0.1) is 5.10 Å². The average Bonchev–Trinajstić information content (AvgIpc) is 3.13. The Morgan fingerprint density at radius 1 is 1.26 bits per heavy atom. The Kier molecular flexibility index (Phi) is 6.03. The van der Waals surface area contributed by atoms with Gasteiger partial charge < -0.3 is 10.1 Å². The molecule has 0 aliphatic rings. The second-order valence-electron chi connectivity index (χ2n) is 5.90. The number of nitrogens with zero attached hydrogens (tertiary/aromatic N) is 2. The molecule has 3 rings (SSSR count). The lowest BCUT2D eigenvalue weighted by atomic mass is 10.2. The van der Waals surface area contributed by atoms with Crippen LogP contribution in [-0.4, -0.2) is 33.4 Å². The molecule has 0 saturated heterocycles. The summed E-state index contributed by atoms with van der Waals surface area (Å²) in [6, 6.07) is 12.9. The quantitative estimate of drug-likeness (QED) is 0.591. The summed E-state index contributed by atoms with van der Waals surface area (Å²) in [5.41, 5.74) is 2.54. The molecule has 3 aromatic rings. The van der Waals surface area contributed by atoms with Crippen LogP contribution >= 0.6 is 23.4 Å². The van der Waals surface area contributed by atoms with Crippen LogP contribution in [0.25, 0.3) is 11.4 Å². The maximum absolute atomic E-state index is 12.5. The van der Waals surface area contributed by atoms with Crippen LogP contribution in [0.2, 0.25) is 5.02 Å². The second kappa shape index (κ2) is 8.45. The van der Waals surface area contributed by atoms with Crippen LogP contribution in [0.4, 0.5) is 5.69 Å². The summed E-state index contributed by atoms with van der Waals surface area (Å²) < 4.78 is 5.15. The molecule has 0 radical (unpaired) electrons. The van der Waals surface area contributed by atoms with Crippen molar-refractivity contribution >= 4 is 35.0 Å². The molecule has 1 aromatic heterocycles. The molecular formula is C19H19ClN4O2S. The number of hydrogen-bond donors (Lipinski definition) is 2. The number of carbonyl (C=O) groups is 1. The first-order chi connectivity index (χ1) is 13.0. The number of halogens is 1. The number of nitrogens with one attached hydrogen (secondary N) is 2. The summed E-state index contributed by atoms with van der Waals surface area (Å²) in [5, 5.41) is 10.7. The molecule has 6 nitrogen and oxygen atoms in total. The van der Waals surface area contributed by atoms with Gasteiger partial charge in [-0.25, -0.2) is 4.98 Å².